The van der Waals surface area contributed by atoms with Crippen molar-refractivity contribution in [1.29, 1.82) is 0 Å². The summed E-state index contributed by atoms with van der Waals surface area (Å²) in [5, 5.41) is 13.0. The molecule has 0 aliphatic heterocycles. The zero-order chi connectivity index (χ0) is 9.07. The van der Waals surface area contributed by atoms with Gasteiger partial charge in [-0.3, -0.25) is 0 Å². The fourth-order valence-corrected chi connectivity index (χ4v) is 1.13. The summed E-state index contributed by atoms with van der Waals surface area (Å²) in [5.41, 5.74) is 0. The Hall–Kier alpha value is -0.390. The molecule has 0 radical (unpaired) electrons. The number of sulfonamides is 1. The summed E-state index contributed by atoms with van der Waals surface area (Å²) < 4.78 is 21.3. The second-order valence-corrected chi connectivity index (χ2v) is 4.31. The molecule has 0 aromatic carbocycles. The van der Waals surface area contributed by atoms with Gasteiger partial charge in [0.25, 0.3) is 0 Å². The van der Waals surface area contributed by atoms with Crippen LogP contribution in [-0.2, 0) is 10.0 Å². The molecule has 0 unspecified atom stereocenters. The average Bonchev–Trinajstić information content (AvgIpc) is 1.85. The molecule has 0 fully saturated rings. The maximum Gasteiger partial charge on any atom is 0.214 e. The zero-order valence-corrected chi connectivity index (χ0v) is 7.21. The predicted octanol–water partition coefficient (Wildman–Crippen LogP) is -0.400. The summed E-state index contributed by atoms with van der Waals surface area (Å²) >= 11 is 0. The summed E-state index contributed by atoms with van der Waals surface area (Å²) in [6.45, 7) is 4.73. The van der Waals surface area contributed by atoms with Crippen LogP contribution in [0.2, 0.25) is 0 Å². The Morgan fingerprint density at radius 3 is 2.45 bits per heavy atom. The van der Waals surface area contributed by atoms with Crippen LogP contribution >= 0.6 is 0 Å². The molecule has 0 aliphatic carbocycles. The van der Waals surface area contributed by atoms with E-state index in [1.54, 1.807) is 0 Å². The van der Waals surface area contributed by atoms with Gasteiger partial charge in [0, 0.05) is 0 Å². The Bertz CT molecular complexity index is 222. The summed E-state index contributed by atoms with van der Waals surface area (Å²) in [5.74, 6) is 0. The summed E-state index contributed by atoms with van der Waals surface area (Å²) in [6.07, 6.45) is 0.728. The quantitative estimate of drug-likeness (QED) is 0.576. The molecule has 0 aromatic heterocycles. The van der Waals surface area contributed by atoms with Gasteiger partial charge in [-0.05, 0) is 13.3 Å². The second kappa shape index (κ2) is 3.85. The topological polar surface area (TPSA) is 80.4 Å². The van der Waals surface area contributed by atoms with Crippen LogP contribution in [0.3, 0.4) is 0 Å². The zero-order valence-electron chi connectivity index (χ0n) is 6.40. The third kappa shape index (κ3) is 3.50. The lowest BCUT2D eigenvalue weighted by atomic mass is 10.2. The molecule has 11 heavy (non-hydrogen) atoms. The van der Waals surface area contributed by atoms with E-state index in [0.29, 0.717) is 0 Å². The van der Waals surface area contributed by atoms with Gasteiger partial charge in [0.15, 0.2) is 0 Å². The van der Waals surface area contributed by atoms with Crippen LogP contribution in [0.1, 0.15) is 13.3 Å². The minimum Gasteiger partial charge on any atom is -0.391 e. The van der Waals surface area contributed by atoms with Crippen LogP contribution in [-0.4, -0.2) is 24.9 Å². The maximum absolute atomic E-state index is 10.6. The molecule has 0 heterocycles. The summed E-state index contributed by atoms with van der Waals surface area (Å²) in [6, 6.07) is 0. The van der Waals surface area contributed by atoms with Crippen molar-refractivity contribution in [3.8, 4) is 0 Å². The maximum atomic E-state index is 10.6. The summed E-state index contributed by atoms with van der Waals surface area (Å²) in [4.78, 5) is 0. The van der Waals surface area contributed by atoms with Gasteiger partial charge < -0.3 is 5.11 Å². The number of rotatable bonds is 4. The van der Waals surface area contributed by atoms with Gasteiger partial charge >= 0.3 is 0 Å². The molecule has 0 aromatic rings. The minimum absolute atomic E-state index is 0.234. The van der Waals surface area contributed by atoms with Gasteiger partial charge in [-0.25, -0.2) is 13.6 Å². The Kier molecular flexibility index (Phi) is 3.71. The van der Waals surface area contributed by atoms with Gasteiger partial charge in [-0.15, -0.1) is 6.58 Å². The number of hydrogen-bond donors (Lipinski definition) is 2. The van der Waals surface area contributed by atoms with Gasteiger partial charge in [-0.1, -0.05) is 6.08 Å². The molecule has 0 amide bonds. The van der Waals surface area contributed by atoms with E-state index in [1.807, 2.05) is 0 Å². The second-order valence-electron chi connectivity index (χ2n) is 2.39. The van der Waals surface area contributed by atoms with Gasteiger partial charge in [0.1, 0.15) is 0 Å². The van der Waals surface area contributed by atoms with Crippen molar-refractivity contribution in [1.82, 2.24) is 0 Å². The smallest absolute Gasteiger partial charge is 0.214 e. The van der Waals surface area contributed by atoms with Crippen molar-refractivity contribution in [2.45, 2.75) is 24.7 Å². The first-order valence-corrected chi connectivity index (χ1v) is 4.81. The predicted molar refractivity (Wildman–Crippen MR) is 43.4 cm³/mol. The third-order valence-electron chi connectivity index (χ3n) is 1.47. The molecule has 0 spiro atoms. The van der Waals surface area contributed by atoms with Gasteiger partial charge in [0.05, 0.1) is 11.4 Å². The van der Waals surface area contributed by atoms with Crippen molar-refractivity contribution >= 4 is 10.0 Å². The van der Waals surface area contributed by atoms with E-state index in [1.165, 1.54) is 13.0 Å². The van der Waals surface area contributed by atoms with Crippen LogP contribution < -0.4 is 5.14 Å². The highest BCUT2D eigenvalue weighted by Gasteiger charge is 2.23. The van der Waals surface area contributed by atoms with Crippen molar-refractivity contribution in [3.63, 3.8) is 0 Å². The number of nitrogens with two attached hydrogens (primary N) is 1. The summed E-state index contributed by atoms with van der Waals surface area (Å²) in [7, 11) is -3.62. The molecule has 0 rings (SSSR count). The molecule has 0 saturated heterocycles. The van der Waals surface area contributed by atoms with Crippen LogP contribution in [0, 0.1) is 0 Å². The number of hydrogen-bond acceptors (Lipinski definition) is 3. The van der Waals surface area contributed by atoms with E-state index in [2.05, 4.69) is 6.58 Å². The van der Waals surface area contributed by atoms with Crippen LogP contribution in [0.15, 0.2) is 12.7 Å². The lowest BCUT2D eigenvalue weighted by molar-refractivity contribution is 0.176. The Morgan fingerprint density at radius 1 is 1.73 bits per heavy atom. The van der Waals surface area contributed by atoms with Crippen molar-refractivity contribution in [2.75, 3.05) is 0 Å². The lowest BCUT2D eigenvalue weighted by Crippen LogP contribution is -2.35. The molecule has 0 bridgehead atoms. The first kappa shape index (κ1) is 10.6. The largest absolute Gasteiger partial charge is 0.391 e. The highest BCUT2D eigenvalue weighted by molar-refractivity contribution is 7.89. The fraction of sp³-hybridized carbons (Fsp3) is 0.667. The van der Waals surface area contributed by atoms with E-state index < -0.39 is 21.4 Å². The Labute approximate surface area is 66.8 Å². The van der Waals surface area contributed by atoms with E-state index in [0.717, 1.165) is 0 Å². The first-order chi connectivity index (χ1) is 4.89. The molecule has 0 aliphatic rings. The molecule has 3 N–H and O–H groups in total. The average molecular weight is 179 g/mol. The first-order valence-electron chi connectivity index (χ1n) is 3.20. The van der Waals surface area contributed by atoms with Crippen molar-refractivity contribution < 1.29 is 13.5 Å². The molecule has 2 atom stereocenters. The molecule has 66 valence electrons. The SMILES string of the molecule is C=CC[C@H](O)[C@H](C)S(N)(=O)=O. The Balaban J connectivity index is 4.25. The third-order valence-corrected chi connectivity index (χ3v) is 2.82. The lowest BCUT2D eigenvalue weighted by Gasteiger charge is -2.14. The number of aliphatic hydroxyl groups excluding tert-OH is 1. The van der Waals surface area contributed by atoms with E-state index in [4.69, 9.17) is 10.2 Å². The molecule has 4 nitrogen and oxygen atoms in total. The Morgan fingerprint density at radius 2 is 2.18 bits per heavy atom. The molecular formula is C6H13NO3S. The van der Waals surface area contributed by atoms with Crippen molar-refractivity contribution in [2.24, 2.45) is 5.14 Å². The van der Waals surface area contributed by atoms with Crippen LogP contribution in [0.5, 0.6) is 0 Å². The van der Waals surface area contributed by atoms with Gasteiger partial charge in [-0.2, -0.15) is 0 Å². The normalized spacial score (nSPS) is 17.4. The highest BCUT2D eigenvalue weighted by atomic mass is 32.2. The highest BCUT2D eigenvalue weighted by Crippen LogP contribution is 2.05. The fourth-order valence-electron chi connectivity index (χ4n) is 0.581. The standard InChI is InChI=1S/C6H13NO3S/c1-3-4-6(8)5(2)11(7,9)10/h3,5-6,8H,1,4H2,2H3,(H2,7,9,10)/t5-,6-/m0/s1. The van der Waals surface area contributed by atoms with Crippen molar-refractivity contribution in [3.05, 3.63) is 12.7 Å². The minimum atomic E-state index is -3.62. The number of aliphatic hydroxyl groups is 1. The number of primary sulfonamides is 1. The van der Waals surface area contributed by atoms with E-state index in [9.17, 15) is 8.42 Å². The molecule has 5 heteroatoms. The van der Waals surface area contributed by atoms with Crippen LogP contribution in [0.25, 0.3) is 0 Å². The van der Waals surface area contributed by atoms with Crippen LogP contribution in [0.4, 0.5) is 0 Å². The molecular weight excluding hydrogens is 166 g/mol. The van der Waals surface area contributed by atoms with Gasteiger partial charge in [0.2, 0.25) is 10.0 Å². The van der Waals surface area contributed by atoms with E-state index >= 15 is 0 Å². The molecule has 0 saturated carbocycles. The van der Waals surface area contributed by atoms with E-state index in [-0.39, 0.29) is 6.42 Å². The monoisotopic (exact) mass is 179 g/mol.